The number of aromatic amines is 2. The molecule has 0 aliphatic carbocycles. The molecule has 3 N–H and O–H groups in total. The Hall–Kier alpha value is -2.93. The number of anilines is 1. The Morgan fingerprint density at radius 2 is 1.90 bits per heavy atom. The highest BCUT2D eigenvalue weighted by molar-refractivity contribution is 5.29. The van der Waals surface area contributed by atoms with Crippen molar-refractivity contribution in [1.82, 2.24) is 25.1 Å². The highest BCUT2D eigenvalue weighted by atomic mass is 16.1. The molecule has 3 heterocycles. The number of nitrogens with zero attached hydrogens (tertiary/aromatic N) is 3. The van der Waals surface area contributed by atoms with Crippen molar-refractivity contribution in [3.63, 3.8) is 0 Å². The largest absolute Gasteiger partial charge is 0.353 e. The van der Waals surface area contributed by atoms with E-state index in [2.05, 4.69) is 60.7 Å². The normalized spacial score (nSPS) is 15.4. The Bertz CT molecular complexity index is 998. The summed E-state index contributed by atoms with van der Waals surface area (Å²) in [6.07, 6.45) is 3.61. The van der Waals surface area contributed by atoms with Crippen molar-refractivity contribution in [3.05, 3.63) is 75.0 Å². The van der Waals surface area contributed by atoms with Gasteiger partial charge in [0.2, 0.25) is 5.95 Å². The number of aryl methyl sites for hydroxylation is 3. The van der Waals surface area contributed by atoms with Gasteiger partial charge in [0.25, 0.3) is 5.56 Å². The van der Waals surface area contributed by atoms with E-state index in [0.717, 1.165) is 62.4 Å². The molecule has 0 bridgehead atoms. The van der Waals surface area contributed by atoms with Crippen LogP contribution in [0.25, 0.3) is 0 Å². The first kappa shape index (κ1) is 20.3. The quantitative estimate of drug-likeness (QED) is 0.561. The van der Waals surface area contributed by atoms with Gasteiger partial charge in [-0.2, -0.15) is 5.10 Å². The van der Waals surface area contributed by atoms with Gasteiger partial charge in [0, 0.05) is 37.4 Å². The molecule has 0 amide bonds. The van der Waals surface area contributed by atoms with Crippen molar-refractivity contribution in [3.8, 4) is 0 Å². The number of hydrogen-bond donors (Lipinski definition) is 3. The molecule has 7 heteroatoms. The summed E-state index contributed by atoms with van der Waals surface area (Å²) in [7, 11) is 0. The summed E-state index contributed by atoms with van der Waals surface area (Å²) in [5, 5.41) is 10.7. The van der Waals surface area contributed by atoms with Crippen molar-refractivity contribution >= 4 is 5.95 Å². The van der Waals surface area contributed by atoms with Crippen LogP contribution in [0.5, 0.6) is 0 Å². The molecule has 3 aromatic rings. The minimum Gasteiger partial charge on any atom is -0.353 e. The Kier molecular flexibility index (Phi) is 6.28. The molecule has 1 saturated heterocycles. The van der Waals surface area contributed by atoms with Gasteiger partial charge in [-0.1, -0.05) is 30.3 Å². The van der Waals surface area contributed by atoms with Crippen LogP contribution in [0.15, 0.2) is 41.2 Å². The molecule has 4 rings (SSSR count). The molecule has 0 atom stereocenters. The zero-order valence-corrected chi connectivity index (χ0v) is 17.7. The molecule has 1 aliphatic heterocycles. The lowest BCUT2D eigenvalue weighted by Gasteiger charge is -2.32. The second kappa shape index (κ2) is 9.26. The minimum atomic E-state index is -0.107. The smallest absolute Gasteiger partial charge is 0.252 e. The molecule has 30 heavy (non-hydrogen) atoms. The van der Waals surface area contributed by atoms with E-state index in [-0.39, 0.29) is 5.56 Å². The SMILES string of the molecule is Cc1n[nH]c(C)c1CCc1cc(=O)[nH]c(NC2CCN(Cc3ccccc3)CC2)n1. The third-order valence-corrected chi connectivity index (χ3v) is 5.88. The fourth-order valence-corrected chi connectivity index (χ4v) is 4.17. The summed E-state index contributed by atoms with van der Waals surface area (Å²) in [4.78, 5) is 22.1. The molecule has 158 valence electrons. The number of likely N-dealkylation sites (tertiary alicyclic amines) is 1. The van der Waals surface area contributed by atoms with E-state index in [1.165, 1.54) is 11.1 Å². The van der Waals surface area contributed by atoms with Crippen LogP contribution in [0, 0.1) is 13.8 Å². The second-order valence-corrected chi connectivity index (χ2v) is 8.18. The van der Waals surface area contributed by atoms with Gasteiger partial charge >= 0.3 is 0 Å². The van der Waals surface area contributed by atoms with E-state index in [9.17, 15) is 4.79 Å². The topological polar surface area (TPSA) is 89.7 Å². The lowest BCUT2D eigenvalue weighted by Crippen LogP contribution is -2.39. The molecule has 1 fully saturated rings. The number of aromatic nitrogens is 4. The van der Waals surface area contributed by atoms with Gasteiger partial charge in [0.1, 0.15) is 0 Å². The van der Waals surface area contributed by atoms with E-state index in [1.54, 1.807) is 6.07 Å². The zero-order valence-electron chi connectivity index (χ0n) is 17.7. The summed E-state index contributed by atoms with van der Waals surface area (Å²) >= 11 is 0. The first-order chi connectivity index (χ1) is 14.6. The van der Waals surface area contributed by atoms with Crippen molar-refractivity contribution < 1.29 is 0 Å². The third-order valence-electron chi connectivity index (χ3n) is 5.88. The average molecular weight is 407 g/mol. The number of nitrogens with one attached hydrogen (secondary N) is 3. The number of H-pyrrole nitrogens is 2. The van der Waals surface area contributed by atoms with E-state index in [4.69, 9.17) is 0 Å². The highest BCUT2D eigenvalue weighted by Gasteiger charge is 2.20. The minimum absolute atomic E-state index is 0.107. The molecule has 2 aromatic heterocycles. The molecular weight excluding hydrogens is 376 g/mol. The maximum atomic E-state index is 12.1. The van der Waals surface area contributed by atoms with E-state index >= 15 is 0 Å². The van der Waals surface area contributed by atoms with Crippen LogP contribution in [-0.4, -0.2) is 44.2 Å². The van der Waals surface area contributed by atoms with E-state index < -0.39 is 0 Å². The molecule has 1 aromatic carbocycles. The van der Waals surface area contributed by atoms with Crippen molar-refractivity contribution in [2.45, 2.75) is 52.1 Å². The molecule has 1 aliphatic rings. The van der Waals surface area contributed by atoms with Crippen LogP contribution in [-0.2, 0) is 19.4 Å². The lowest BCUT2D eigenvalue weighted by atomic mass is 10.0. The Morgan fingerprint density at radius 1 is 1.13 bits per heavy atom. The fourth-order valence-electron chi connectivity index (χ4n) is 4.17. The summed E-state index contributed by atoms with van der Waals surface area (Å²) in [6, 6.07) is 12.5. The van der Waals surface area contributed by atoms with Crippen LogP contribution >= 0.6 is 0 Å². The van der Waals surface area contributed by atoms with Crippen molar-refractivity contribution in [2.75, 3.05) is 18.4 Å². The molecule has 0 spiro atoms. The zero-order chi connectivity index (χ0) is 20.9. The molecule has 7 nitrogen and oxygen atoms in total. The van der Waals surface area contributed by atoms with E-state index in [0.29, 0.717) is 12.0 Å². The fraction of sp³-hybridized carbons (Fsp3) is 0.435. The van der Waals surface area contributed by atoms with Gasteiger partial charge in [-0.3, -0.25) is 19.8 Å². The molecular formula is C23H30N6O. The Labute approximate surface area is 176 Å². The van der Waals surface area contributed by atoms with Gasteiger partial charge in [-0.15, -0.1) is 0 Å². The number of piperidine rings is 1. The van der Waals surface area contributed by atoms with Crippen LogP contribution in [0.4, 0.5) is 5.95 Å². The first-order valence-corrected chi connectivity index (χ1v) is 10.7. The first-order valence-electron chi connectivity index (χ1n) is 10.7. The average Bonchev–Trinajstić information content (AvgIpc) is 3.06. The molecule has 0 unspecified atom stereocenters. The van der Waals surface area contributed by atoms with Gasteiger partial charge < -0.3 is 5.32 Å². The lowest BCUT2D eigenvalue weighted by molar-refractivity contribution is 0.211. The number of benzene rings is 1. The number of hydrogen-bond acceptors (Lipinski definition) is 5. The number of rotatable bonds is 7. The summed E-state index contributed by atoms with van der Waals surface area (Å²) < 4.78 is 0. The van der Waals surface area contributed by atoms with Crippen LogP contribution < -0.4 is 10.9 Å². The predicted molar refractivity (Wildman–Crippen MR) is 119 cm³/mol. The second-order valence-electron chi connectivity index (χ2n) is 8.18. The van der Waals surface area contributed by atoms with Gasteiger partial charge in [-0.05, 0) is 50.7 Å². The van der Waals surface area contributed by atoms with Crippen molar-refractivity contribution in [2.24, 2.45) is 0 Å². The van der Waals surface area contributed by atoms with Crippen LogP contribution in [0.1, 0.15) is 41.1 Å². The summed E-state index contributed by atoms with van der Waals surface area (Å²) in [5.41, 5.74) is 5.35. The van der Waals surface area contributed by atoms with Gasteiger partial charge in [0.05, 0.1) is 11.4 Å². The predicted octanol–water partition coefficient (Wildman–Crippen LogP) is 2.97. The summed E-state index contributed by atoms with van der Waals surface area (Å²) in [5.74, 6) is 0.583. The van der Waals surface area contributed by atoms with Gasteiger partial charge in [-0.25, -0.2) is 4.98 Å². The van der Waals surface area contributed by atoms with Crippen LogP contribution in [0.2, 0.25) is 0 Å². The third kappa shape index (κ3) is 5.16. The maximum Gasteiger partial charge on any atom is 0.252 e. The van der Waals surface area contributed by atoms with Crippen molar-refractivity contribution in [1.29, 1.82) is 0 Å². The standard InChI is InChI=1S/C23H30N6O/c1-16-21(17(2)28-27-16)9-8-20-14-22(30)26-23(25-20)24-19-10-12-29(13-11-19)15-18-6-4-3-5-7-18/h3-7,14,19H,8-13,15H2,1-2H3,(H,27,28)(H2,24,25,26,30). The molecule has 0 saturated carbocycles. The van der Waals surface area contributed by atoms with Crippen LogP contribution in [0.3, 0.4) is 0 Å². The Morgan fingerprint density at radius 3 is 2.60 bits per heavy atom. The molecule has 0 radical (unpaired) electrons. The Balaban J connectivity index is 1.32. The monoisotopic (exact) mass is 406 g/mol. The maximum absolute atomic E-state index is 12.1. The van der Waals surface area contributed by atoms with E-state index in [1.807, 2.05) is 13.8 Å². The van der Waals surface area contributed by atoms with Gasteiger partial charge in [0.15, 0.2) is 0 Å². The summed E-state index contributed by atoms with van der Waals surface area (Å²) in [6.45, 7) is 7.09. The highest BCUT2D eigenvalue weighted by Crippen LogP contribution is 2.17.